The molecule has 0 aliphatic rings. The third kappa shape index (κ3) is 3.58. The molecule has 146 valence electrons. The van der Waals surface area contributed by atoms with Gasteiger partial charge in [-0.05, 0) is 96.7 Å². The first-order chi connectivity index (χ1) is 13.2. The van der Waals surface area contributed by atoms with Gasteiger partial charge < -0.3 is 5.32 Å². The van der Waals surface area contributed by atoms with Crippen LogP contribution in [-0.4, -0.2) is 7.05 Å². The topological polar surface area (TPSA) is 12.0 Å². The van der Waals surface area contributed by atoms with Crippen LogP contribution in [0.15, 0.2) is 42.5 Å². The van der Waals surface area contributed by atoms with Gasteiger partial charge in [0, 0.05) is 18.3 Å². The predicted molar refractivity (Wildman–Crippen MR) is 125 cm³/mol. The first-order valence-corrected chi connectivity index (χ1v) is 10.2. The Morgan fingerprint density at radius 2 is 1.14 bits per heavy atom. The Bertz CT molecular complexity index is 1020. The number of nitrogens with one attached hydrogen (secondary N) is 1. The lowest BCUT2D eigenvalue weighted by molar-refractivity contribution is 0.868. The SMILES string of the molecule is CNc1cc(C(C)C)c(-c2ccc(C)c(C)c2)c(C)c1-c1ccc(C)c(C)c1. The molecular formula is C27H33N. The molecule has 3 aromatic carbocycles. The predicted octanol–water partition coefficient (Wildman–Crippen LogP) is 7.73. The molecule has 0 aliphatic heterocycles. The summed E-state index contributed by atoms with van der Waals surface area (Å²) in [5.74, 6) is 0.455. The van der Waals surface area contributed by atoms with Crippen LogP contribution in [0.4, 0.5) is 5.69 Å². The lowest BCUT2D eigenvalue weighted by Gasteiger charge is -2.23. The highest BCUT2D eigenvalue weighted by molar-refractivity contribution is 5.89. The Kier molecular flexibility index (Phi) is 5.65. The van der Waals surface area contributed by atoms with E-state index in [1.54, 1.807) is 0 Å². The summed E-state index contributed by atoms with van der Waals surface area (Å²) in [7, 11) is 2.03. The van der Waals surface area contributed by atoms with Gasteiger partial charge in [0.25, 0.3) is 0 Å². The van der Waals surface area contributed by atoms with Gasteiger partial charge in [0.1, 0.15) is 0 Å². The van der Waals surface area contributed by atoms with Gasteiger partial charge in [0.2, 0.25) is 0 Å². The van der Waals surface area contributed by atoms with Crippen molar-refractivity contribution in [2.45, 2.75) is 54.4 Å². The van der Waals surface area contributed by atoms with E-state index >= 15 is 0 Å². The zero-order valence-electron chi connectivity index (χ0n) is 18.6. The standard InChI is InChI=1S/C27H33N/c1-16(2)24-15-25(28-8)27(23-12-10-18(4)20(6)14-23)21(7)26(24)22-11-9-17(3)19(5)13-22/h9-16,28H,1-8H3. The average Bonchev–Trinajstić information content (AvgIpc) is 2.65. The van der Waals surface area contributed by atoms with E-state index < -0.39 is 0 Å². The second-order valence-electron chi connectivity index (χ2n) is 8.39. The van der Waals surface area contributed by atoms with Crippen LogP contribution in [-0.2, 0) is 0 Å². The number of anilines is 1. The smallest absolute Gasteiger partial charge is 0.0423 e. The van der Waals surface area contributed by atoms with Gasteiger partial charge in [-0.1, -0.05) is 50.2 Å². The zero-order chi connectivity index (χ0) is 20.6. The Balaban J connectivity index is 2.37. The summed E-state index contributed by atoms with van der Waals surface area (Å²) in [5.41, 5.74) is 14.6. The largest absolute Gasteiger partial charge is 0.388 e. The monoisotopic (exact) mass is 371 g/mol. The molecule has 3 rings (SSSR count). The summed E-state index contributed by atoms with van der Waals surface area (Å²) in [5, 5.41) is 3.46. The fourth-order valence-corrected chi connectivity index (χ4v) is 4.04. The number of hydrogen-bond acceptors (Lipinski definition) is 1. The van der Waals surface area contributed by atoms with Crippen LogP contribution < -0.4 is 5.32 Å². The van der Waals surface area contributed by atoms with Crippen LogP contribution in [0.5, 0.6) is 0 Å². The minimum atomic E-state index is 0.455. The first kappa shape index (κ1) is 20.2. The van der Waals surface area contributed by atoms with Crippen molar-refractivity contribution in [3.05, 3.63) is 75.8 Å². The summed E-state index contributed by atoms with van der Waals surface area (Å²) >= 11 is 0. The minimum absolute atomic E-state index is 0.455. The van der Waals surface area contributed by atoms with E-state index in [0.717, 1.165) is 0 Å². The molecule has 0 spiro atoms. The third-order valence-electron chi connectivity index (χ3n) is 6.09. The molecule has 0 amide bonds. The Hall–Kier alpha value is -2.54. The molecule has 0 radical (unpaired) electrons. The second-order valence-corrected chi connectivity index (χ2v) is 8.39. The molecule has 28 heavy (non-hydrogen) atoms. The highest BCUT2D eigenvalue weighted by Gasteiger charge is 2.19. The van der Waals surface area contributed by atoms with Gasteiger partial charge in [0.15, 0.2) is 0 Å². The Morgan fingerprint density at radius 3 is 1.57 bits per heavy atom. The third-order valence-corrected chi connectivity index (χ3v) is 6.09. The van der Waals surface area contributed by atoms with E-state index in [4.69, 9.17) is 0 Å². The van der Waals surface area contributed by atoms with Crippen LogP contribution in [0.25, 0.3) is 22.3 Å². The van der Waals surface area contributed by atoms with Crippen molar-refractivity contribution in [2.75, 3.05) is 12.4 Å². The van der Waals surface area contributed by atoms with E-state index in [1.165, 1.54) is 61.3 Å². The summed E-state index contributed by atoms with van der Waals surface area (Å²) < 4.78 is 0. The van der Waals surface area contributed by atoms with E-state index in [-0.39, 0.29) is 0 Å². The van der Waals surface area contributed by atoms with Crippen LogP contribution in [0.2, 0.25) is 0 Å². The van der Waals surface area contributed by atoms with Gasteiger partial charge in [-0.15, -0.1) is 0 Å². The highest BCUT2D eigenvalue weighted by atomic mass is 14.8. The Labute approximate surface area is 170 Å². The maximum Gasteiger partial charge on any atom is 0.0423 e. The summed E-state index contributed by atoms with van der Waals surface area (Å²) in [4.78, 5) is 0. The summed E-state index contributed by atoms with van der Waals surface area (Å²) in [6.07, 6.45) is 0. The van der Waals surface area contributed by atoms with Crippen LogP contribution in [0.1, 0.15) is 53.1 Å². The first-order valence-electron chi connectivity index (χ1n) is 10.2. The lowest BCUT2D eigenvalue weighted by atomic mass is 9.83. The molecule has 0 bridgehead atoms. The molecule has 0 unspecified atom stereocenters. The molecule has 0 heterocycles. The molecule has 1 N–H and O–H groups in total. The molecule has 0 aromatic heterocycles. The number of benzene rings is 3. The number of rotatable bonds is 4. The van der Waals surface area contributed by atoms with Crippen LogP contribution in [0.3, 0.4) is 0 Å². The van der Waals surface area contributed by atoms with Crippen molar-refractivity contribution in [2.24, 2.45) is 0 Å². The van der Waals surface area contributed by atoms with Crippen LogP contribution >= 0.6 is 0 Å². The normalized spacial score (nSPS) is 11.2. The van der Waals surface area contributed by atoms with Gasteiger partial charge in [0.05, 0.1) is 0 Å². The number of hydrogen-bond donors (Lipinski definition) is 1. The molecule has 0 saturated heterocycles. The van der Waals surface area contributed by atoms with Gasteiger partial charge in [-0.25, -0.2) is 0 Å². The Morgan fingerprint density at radius 1 is 0.643 bits per heavy atom. The van der Waals surface area contributed by atoms with Crippen molar-refractivity contribution in [3.63, 3.8) is 0 Å². The average molecular weight is 372 g/mol. The van der Waals surface area contributed by atoms with Crippen LogP contribution in [0, 0.1) is 34.6 Å². The number of aryl methyl sites for hydroxylation is 4. The van der Waals surface area contributed by atoms with Crippen molar-refractivity contribution >= 4 is 5.69 Å². The van der Waals surface area contributed by atoms with E-state index in [0.29, 0.717) is 5.92 Å². The fraction of sp³-hybridized carbons (Fsp3) is 0.333. The van der Waals surface area contributed by atoms with Gasteiger partial charge in [-0.2, -0.15) is 0 Å². The lowest BCUT2D eigenvalue weighted by Crippen LogP contribution is -2.03. The van der Waals surface area contributed by atoms with Gasteiger partial charge >= 0.3 is 0 Å². The maximum atomic E-state index is 3.46. The molecule has 1 heteroatoms. The summed E-state index contributed by atoms with van der Waals surface area (Å²) in [6.45, 7) is 15.6. The second kappa shape index (κ2) is 7.83. The molecule has 1 nitrogen and oxygen atoms in total. The fourth-order valence-electron chi connectivity index (χ4n) is 4.04. The molecule has 0 aliphatic carbocycles. The maximum absolute atomic E-state index is 3.46. The molecular weight excluding hydrogens is 338 g/mol. The molecule has 0 atom stereocenters. The highest BCUT2D eigenvalue weighted by Crippen LogP contribution is 2.43. The summed E-state index contributed by atoms with van der Waals surface area (Å²) in [6, 6.07) is 16.0. The molecule has 3 aromatic rings. The van der Waals surface area contributed by atoms with E-state index in [1.807, 2.05) is 7.05 Å². The van der Waals surface area contributed by atoms with E-state index in [2.05, 4.69) is 96.2 Å². The van der Waals surface area contributed by atoms with E-state index in [9.17, 15) is 0 Å². The van der Waals surface area contributed by atoms with Crippen molar-refractivity contribution < 1.29 is 0 Å². The van der Waals surface area contributed by atoms with Crippen molar-refractivity contribution in [1.82, 2.24) is 0 Å². The van der Waals surface area contributed by atoms with Crippen molar-refractivity contribution in [1.29, 1.82) is 0 Å². The van der Waals surface area contributed by atoms with Crippen molar-refractivity contribution in [3.8, 4) is 22.3 Å². The molecule has 0 saturated carbocycles. The minimum Gasteiger partial charge on any atom is -0.388 e. The molecule has 0 fully saturated rings. The van der Waals surface area contributed by atoms with Gasteiger partial charge in [-0.3, -0.25) is 0 Å². The quantitative estimate of drug-likeness (QED) is 0.495. The zero-order valence-corrected chi connectivity index (χ0v) is 18.6.